The third kappa shape index (κ3) is 2.81. The average Bonchev–Trinajstić information content (AvgIpc) is 3.04. The van der Waals surface area contributed by atoms with E-state index in [4.69, 9.17) is 0 Å². The summed E-state index contributed by atoms with van der Waals surface area (Å²) in [5, 5.41) is 3.20. The van der Waals surface area contributed by atoms with Gasteiger partial charge in [0.25, 0.3) is 5.91 Å². The summed E-state index contributed by atoms with van der Waals surface area (Å²) in [6.45, 7) is 0. The van der Waals surface area contributed by atoms with Crippen LogP contribution < -0.4 is 5.32 Å². The number of amides is 1. The zero-order chi connectivity index (χ0) is 16.4. The van der Waals surface area contributed by atoms with E-state index in [-0.39, 0.29) is 11.9 Å². The van der Waals surface area contributed by atoms with Crippen molar-refractivity contribution in [2.24, 2.45) is 0 Å². The largest absolute Gasteiger partial charge is 0.349 e. The molecule has 4 rings (SSSR count). The van der Waals surface area contributed by atoms with E-state index in [1.807, 2.05) is 36.4 Å². The lowest BCUT2D eigenvalue weighted by Gasteiger charge is -2.14. The number of carbonyl (C=O) groups excluding carboxylic acids is 1. The van der Waals surface area contributed by atoms with Crippen LogP contribution in [0.1, 0.15) is 21.5 Å². The van der Waals surface area contributed by atoms with E-state index in [1.54, 1.807) is 12.4 Å². The number of aromatic nitrogens is 1. The Morgan fingerprint density at radius 3 is 2.21 bits per heavy atom. The summed E-state index contributed by atoms with van der Waals surface area (Å²) < 4.78 is 0. The summed E-state index contributed by atoms with van der Waals surface area (Å²) >= 11 is 0. The minimum atomic E-state index is -0.0137. The second kappa shape index (κ2) is 6.28. The molecule has 1 aliphatic rings. The predicted molar refractivity (Wildman–Crippen MR) is 94.8 cm³/mol. The van der Waals surface area contributed by atoms with Crippen LogP contribution in [0.2, 0.25) is 0 Å². The van der Waals surface area contributed by atoms with Crippen molar-refractivity contribution >= 4 is 5.91 Å². The number of nitrogens with zero attached hydrogens (tertiary/aromatic N) is 1. The quantitative estimate of drug-likeness (QED) is 0.802. The van der Waals surface area contributed by atoms with Crippen LogP contribution >= 0.6 is 0 Å². The van der Waals surface area contributed by atoms with Crippen LogP contribution in [0.15, 0.2) is 73.1 Å². The molecule has 0 unspecified atom stereocenters. The van der Waals surface area contributed by atoms with Gasteiger partial charge in [0, 0.05) is 24.0 Å². The Kier molecular flexibility index (Phi) is 3.83. The molecule has 0 saturated heterocycles. The first-order valence-electron chi connectivity index (χ1n) is 8.18. The van der Waals surface area contributed by atoms with Gasteiger partial charge in [0.05, 0.1) is 0 Å². The normalized spacial score (nSPS) is 13.5. The van der Waals surface area contributed by atoms with E-state index in [9.17, 15) is 4.79 Å². The minimum Gasteiger partial charge on any atom is -0.349 e. The van der Waals surface area contributed by atoms with E-state index in [2.05, 4.69) is 34.6 Å². The maximum Gasteiger partial charge on any atom is 0.252 e. The molecule has 3 nitrogen and oxygen atoms in total. The van der Waals surface area contributed by atoms with E-state index < -0.39 is 0 Å². The van der Waals surface area contributed by atoms with Crippen molar-refractivity contribution < 1.29 is 4.79 Å². The van der Waals surface area contributed by atoms with Gasteiger partial charge in [0.1, 0.15) is 0 Å². The molecular formula is C21H18N2O. The van der Waals surface area contributed by atoms with Crippen LogP contribution in [0.25, 0.3) is 11.1 Å². The smallest absolute Gasteiger partial charge is 0.252 e. The van der Waals surface area contributed by atoms with Gasteiger partial charge < -0.3 is 5.32 Å². The number of rotatable bonds is 3. The fourth-order valence-electron chi connectivity index (χ4n) is 3.39. The number of benzene rings is 2. The number of hydrogen-bond acceptors (Lipinski definition) is 2. The van der Waals surface area contributed by atoms with Crippen LogP contribution in [0.5, 0.6) is 0 Å². The molecule has 0 bridgehead atoms. The molecule has 1 amide bonds. The third-order valence-electron chi connectivity index (χ3n) is 4.55. The van der Waals surface area contributed by atoms with Crippen molar-refractivity contribution in [1.82, 2.24) is 10.3 Å². The molecule has 0 saturated carbocycles. The Balaban J connectivity index is 1.56. The van der Waals surface area contributed by atoms with Gasteiger partial charge in [-0.1, -0.05) is 42.5 Å². The number of nitrogens with one attached hydrogen (secondary N) is 1. The van der Waals surface area contributed by atoms with Crippen molar-refractivity contribution in [2.45, 2.75) is 18.9 Å². The fourth-order valence-corrected chi connectivity index (χ4v) is 3.39. The molecule has 0 spiro atoms. The second-order valence-corrected chi connectivity index (χ2v) is 6.13. The summed E-state index contributed by atoms with van der Waals surface area (Å²) in [4.78, 5) is 16.9. The maximum absolute atomic E-state index is 12.8. The fraction of sp³-hybridized carbons (Fsp3) is 0.143. The van der Waals surface area contributed by atoms with Gasteiger partial charge in [-0.15, -0.1) is 0 Å². The molecule has 3 heteroatoms. The van der Waals surface area contributed by atoms with Gasteiger partial charge in [-0.25, -0.2) is 0 Å². The van der Waals surface area contributed by atoms with Crippen LogP contribution in [0.4, 0.5) is 0 Å². The Hall–Kier alpha value is -2.94. The molecule has 24 heavy (non-hydrogen) atoms. The standard InChI is InChI=1S/C21H18N2O/c24-21(23-18-13-16-5-1-2-6-17(16)14-18)20-8-4-3-7-19(20)15-9-11-22-12-10-15/h1-12,18H,13-14H2,(H,23,24). The monoisotopic (exact) mass is 314 g/mol. The number of carbonyl (C=O) groups is 1. The van der Waals surface area contributed by atoms with E-state index >= 15 is 0 Å². The third-order valence-corrected chi connectivity index (χ3v) is 4.55. The van der Waals surface area contributed by atoms with Gasteiger partial charge >= 0.3 is 0 Å². The van der Waals surface area contributed by atoms with Crippen molar-refractivity contribution in [3.05, 3.63) is 89.7 Å². The van der Waals surface area contributed by atoms with Gasteiger partial charge in [-0.05, 0) is 53.3 Å². The highest BCUT2D eigenvalue weighted by Crippen LogP contribution is 2.25. The lowest BCUT2D eigenvalue weighted by Crippen LogP contribution is -2.35. The van der Waals surface area contributed by atoms with Gasteiger partial charge in [-0.3, -0.25) is 9.78 Å². The zero-order valence-corrected chi connectivity index (χ0v) is 13.3. The lowest BCUT2D eigenvalue weighted by atomic mass is 10.00. The molecule has 1 N–H and O–H groups in total. The number of hydrogen-bond donors (Lipinski definition) is 1. The molecule has 2 aromatic carbocycles. The topological polar surface area (TPSA) is 42.0 Å². The van der Waals surface area contributed by atoms with Crippen molar-refractivity contribution in [2.75, 3.05) is 0 Å². The first-order chi connectivity index (χ1) is 11.8. The van der Waals surface area contributed by atoms with Crippen molar-refractivity contribution in [3.8, 4) is 11.1 Å². The molecule has 0 radical (unpaired) electrons. The highest BCUT2D eigenvalue weighted by Gasteiger charge is 2.23. The number of fused-ring (bicyclic) bond motifs is 1. The van der Waals surface area contributed by atoms with Crippen LogP contribution in [0, 0.1) is 0 Å². The van der Waals surface area contributed by atoms with Crippen LogP contribution in [-0.2, 0) is 12.8 Å². The van der Waals surface area contributed by atoms with Gasteiger partial charge in [0.15, 0.2) is 0 Å². The molecule has 1 aliphatic carbocycles. The highest BCUT2D eigenvalue weighted by atomic mass is 16.1. The number of pyridine rings is 1. The molecule has 0 atom stereocenters. The van der Waals surface area contributed by atoms with Crippen LogP contribution in [0.3, 0.4) is 0 Å². The molecule has 118 valence electrons. The molecule has 3 aromatic rings. The van der Waals surface area contributed by atoms with E-state index in [0.717, 1.165) is 24.0 Å². The molecule has 1 aromatic heterocycles. The summed E-state index contributed by atoms with van der Waals surface area (Å²) in [7, 11) is 0. The first-order valence-corrected chi connectivity index (χ1v) is 8.18. The highest BCUT2D eigenvalue weighted by molar-refractivity contribution is 6.01. The molecule has 0 aliphatic heterocycles. The Bertz CT molecular complexity index is 849. The summed E-state index contributed by atoms with van der Waals surface area (Å²) in [5.41, 5.74) is 5.33. The molecular weight excluding hydrogens is 296 g/mol. The van der Waals surface area contributed by atoms with Gasteiger partial charge in [0.2, 0.25) is 0 Å². The summed E-state index contributed by atoms with van der Waals surface area (Å²) in [5.74, 6) is -0.0137. The lowest BCUT2D eigenvalue weighted by molar-refractivity contribution is 0.0939. The predicted octanol–water partition coefficient (Wildman–Crippen LogP) is 3.65. The maximum atomic E-state index is 12.8. The second-order valence-electron chi connectivity index (χ2n) is 6.13. The van der Waals surface area contributed by atoms with E-state index in [0.29, 0.717) is 5.56 Å². The molecule has 1 heterocycles. The summed E-state index contributed by atoms with van der Waals surface area (Å²) in [6, 6.07) is 20.2. The van der Waals surface area contributed by atoms with E-state index in [1.165, 1.54) is 11.1 Å². The Morgan fingerprint density at radius 2 is 1.50 bits per heavy atom. The van der Waals surface area contributed by atoms with Crippen molar-refractivity contribution in [3.63, 3.8) is 0 Å². The molecule has 0 fully saturated rings. The Labute approximate surface area is 141 Å². The van der Waals surface area contributed by atoms with Crippen LogP contribution in [-0.4, -0.2) is 16.9 Å². The van der Waals surface area contributed by atoms with Gasteiger partial charge in [-0.2, -0.15) is 0 Å². The first kappa shape index (κ1) is 14.6. The SMILES string of the molecule is O=C(NC1Cc2ccccc2C1)c1ccccc1-c1ccncc1. The van der Waals surface area contributed by atoms with Crippen molar-refractivity contribution in [1.29, 1.82) is 0 Å². The minimum absolute atomic E-state index is 0.0137. The summed E-state index contributed by atoms with van der Waals surface area (Å²) in [6.07, 6.45) is 5.30. The zero-order valence-electron chi connectivity index (χ0n) is 13.3. The Morgan fingerprint density at radius 1 is 0.875 bits per heavy atom. The average molecular weight is 314 g/mol.